The minimum Gasteiger partial charge on any atom is -0.383 e. The fourth-order valence-electron chi connectivity index (χ4n) is 3.25. The topological polar surface area (TPSA) is 118 Å². The van der Waals surface area contributed by atoms with E-state index in [0.717, 1.165) is 6.20 Å². The zero-order valence-corrected chi connectivity index (χ0v) is 15.4. The molecule has 0 radical (unpaired) electrons. The lowest BCUT2D eigenvalue weighted by molar-refractivity contribution is -0.117. The van der Waals surface area contributed by atoms with E-state index in [0.29, 0.717) is 39.8 Å². The first-order chi connectivity index (χ1) is 13.9. The predicted octanol–water partition coefficient (Wildman–Crippen LogP) is 3.62. The zero-order chi connectivity index (χ0) is 20.7. The highest BCUT2D eigenvalue weighted by atomic mass is 19.3. The van der Waals surface area contributed by atoms with E-state index in [1.165, 1.54) is 12.4 Å². The van der Waals surface area contributed by atoms with Gasteiger partial charge in [0.15, 0.2) is 0 Å². The Morgan fingerprint density at radius 2 is 2.14 bits per heavy atom. The molecule has 29 heavy (non-hydrogen) atoms. The Morgan fingerprint density at radius 3 is 2.83 bits per heavy atom. The highest BCUT2D eigenvalue weighted by Gasteiger charge is 2.43. The molecule has 0 saturated heterocycles. The normalized spacial score (nSPS) is 17.9. The molecule has 1 saturated carbocycles. The molecule has 3 heterocycles. The van der Waals surface area contributed by atoms with Crippen molar-refractivity contribution in [3.63, 3.8) is 0 Å². The van der Waals surface area contributed by atoms with Crippen LogP contribution in [0.3, 0.4) is 0 Å². The van der Waals surface area contributed by atoms with Crippen molar-refractivity contribution >= 4 is 28.3 Å². The number of rotatable bonds is 4. The summed E-state index contributed by atoms with van der Waals surface area (Å²) in [6.07, 6.45) is 1.99. The molecule has 3 N–H and O–H groups in total. The van der Waals surface area contributed by atoms with Gasteiger partial charge < -0.3 is 11.1 Å². The number of nitrogens with two attached hydrogens (primary N) is 1. The number of nitrogens with one attached hydrogen (secondary N) is 1. The lowest BCUT2D eigenvalue weighted by Crippen LogP contribution is -2.15. The van der Waals surface area contributed by atoms with Crippen LogP contribution in [0.1, 0.15) is 24.0 Å². The molecule has 1 amide bonds. The number of anilines is 2. The molecule has 3 aromatic heterocycles. The maximum atomic E-state index is 13.2. The molecule has 1 aliphatic rings. The molecule has 7 nitrogen and oxygen atoms in total. The van der Waals surface area contributed by atoms with Crippen LogP contribution in [-0.4, -0.2) is 20.9 Å². The molecule has 146 valence electrons. The molecule has 4 rings (SSSR count). The number of carbonyl (C=O) groups excluding carboxylic acids is 1. The number of hydrogen-bond donors (Lipinski definition) is 2. The second-order valence-corrected chi connectivity index (χ2v) is 6.95. The molecule has 2 unspecified atom stereocenters. The lowest BCUT2D eigenvalue weighted by atomic mass is 10.0. The second-order valence-electron chi connectivity index (χ2n) is 6.95. The summed E-state index contributed by atoms with van der Waals surface area (Å²) < 4.78 is 26.4. The molecule has 0 aromatic carbocycles. The number of nitrogen functional groups attached to an aromatic ring is 1. The Morgan fingerprint density at radius 1 is 1.34 bits per heavy atom. The van der Waals surface area contributed by atoms with Crippen molar-refractivity contribution in [2.45, 2.75) is 19.8 Å². The van der Waals surface area contributed by atoms with Crippen molar-refractivity contribution < 1.29 is 13.6 Å². The Bertz CT molecular complexity index is 1170. The van der Waals surface area contributed by atoms with Crippen LogP contribution < -0.4 is 11.1 Å². The van der Waals surface area contributed by atoms with Crippen LogP contribution in [0, 0.1) is 30.1 Å². The van der Waals surface area contributed by atoms with Gasteiger partial charge >= 0.3 is 0 Å². The molecule has 1 fully saturated rings. The van der Waals surface area contributed by atoms with Crippen LogP contribution in [0.2, 0.25) is 0 Å². The predicted molar refractivity (Wildman–Crippen MR) is 103 cm³/mol. The van der Waals surface area contributed by atoms with Crippen LogP contribution in [0.4, 0.5) is 20.4 Å². The molecule has 0 spiro atoms. The number of nitrogens with zero attached hydrogens (tertiary/aromatic N) is 4. The van der Waals surface area contributed by atoms with Crippen LogP contribution in [0.5, 0.6) is 0 Å². The van der Waals surface area contributed by atoms with E-state index in [1.807, 2.05) is 0 Å². The van der Waals surface area contributed by atoms with Gasteiger partial charge in [0, 0.05) is 35.1 Å². The molecular weight excluding hydrogens is 378 g/mol. The number of fused-ring (bicyclic) bond motifs is 1. The number of carbonyl (C=O) groups is 1. The summed E-state index contributed by atoms with van der Waals surface area (Å²) >= 11 is 0. The Labute approximate surface area is 164 Å². The quantitative estimate of drug-likeness (QED) is 0.698. The number of aromatic nitrogens is 3. The van der Waals surface area contributed by atoms with Gasteiger partial charge in [0.25, 0.3) is 6.43 Å². The fourth-order valence-corrected chi connectivity index (χ4v) is 3.25. The molecule has 0 aliphatic heterocycles. The Balaban J connectivity index is 1.72. The first-order valence-electron chi connectivity index (χ1n) is 8.88. The number of nitriles is 1. The van der Waals surface area contributed by atoms with Gasteiger partial charge in [-0.1, -0.05) is 0 Å². The lowest BCUT2D eigenvalue weighted by Gasteiger charge is -2.12. The minimum absolute atomic E-state index is 0.165. The summed E-state index contributed by atoms with van der Waals surface area (Å²) in [5, 5.41) is 12.8. The summed E-state index contributed by atoms with van der Waals surface area (Å²) in [6.45, 7) is 1.58. The molecule has 0 bridgehead atoms. The van der Waals surface area contributed by atoms with Crippen molar-refractivity contribution in [3.05, 3.63) is 41.9 Å². The average Bonchev–Trinajstić information content (AvgIpc) is 3.47. The molecule has 1 aliphatic carbocycles. The van der Waals surface area contributed by atoms with Gasteiger partial charge in [0.2, 0.25) is 5.91 Å². The summed E-state index contributed by atoms with van der Waals surface area (Å²) in [4.78, 5) is 24.5. The van der Waals surface area contributed by atoms with Crippen LogP contribution in [0.15, 0.2) is 30.7 Å². The summed E-state index contributed by atoms with van der Waals surface area (Å²) in [7, 11) is 0. The third kappa shape index (κ3) is 3.45. The fraction of sp³-hybridized carbons (Fsp3) is 0.250. The first kappa shape index (κ1) is 18.7. The van der Waals surface area contributed by atoms with E-state index < -0.39 is 6.43 Å². The standard InChI is InChI=1S/C20H16F2N6O/c1-9-13(6-25-7-14(9)18(21)22)16-3-10-4-17(26-8-15(10)19(24)27-16)28-20(29)12-2-11(12)5-23/h3-4,6-8,11-12,18H,2H2,1H3,(H2,24,27)(H,26,28,29). The third-order valence-electron chi connectivity index (χ3n) is 5.05. The third-order valence-corrected chi connectivity index (χ3v) is 5.05. The van der Waals surface area contributed by atoms with E-state index in [4.69, 9.17) is 11.0 Å². The highest BCUT2D eigenvalue weighted by molar-refractivity contribution is 5.98. The van der Waals surface area contributed by atoms with Gasteiger partial charge in [-0.05, 0) is 36.4 Å². The van der Waals surface area contributed by atoms with Gasteiger partial charge in [-0.25, -0.2) is 18.7 Å². The van der Waals surface area contributed by atoms with Gasteiger partial charge in [-0.3, -0.25) is 9.78 Å². The van der Waals surface area contributed by atoms with Crippen molar-refractivity contribution in [3.8, 4) is 17.3 Å². The second kappa shape index (κ2) is 7.05. The maximum absolute atomic E-state index is 13.2. The molecule has 3 aromatic rings. The van der Waals surface area contributed by atoms with Crippen molar-refractivity contribution in [1.82, 2.24) is 15.0 Å². The number of alkyl halides is 2. The van der Waals surface area contributed by atoms with E-state index in [9.17, 15) is 13.6 Å². The highest BCUT2D eigenvalue weighted by Crippen LogP contribution is 2.38. The zero-order valence-electron chi connectivity index (χ0n) is 15.4. The van der Waals surface area contributed by atoms with Gasteiger partial charge in [-0.15, -0.1) is 0 Å². The van der Waals surface area contributed by atoms with E-state index in [-0.39, 0.29) is 29.1 Å². The van der Waals surface area contributed by atoms with Crippen molar-refractivity contribution in [1.29, 1.82) is 5.26 Å². The van der Waals surface area contributed by atoms with Crippen LogP contribution >= 0.6 is 0 Å². The minimum atomic E-state index is -2.65. The van der Waals surface area contributed by atoms with Gasteiger partial charge in [-0.2, -0.15) is 5.26 Å². The summed E-state index contributed by atoms with van der Waals surface area (Å²) in [5.74, 6) is -0.313. The number of pyridine rings is 3. The van der Waals surface area contributed by atoms with E-state index in [2.05, 4.69) is 26.3 Å². The van der Waals surface area contributed by atoms with E-state index >= 15 is 0 Å². The summed E-state index contributed by atoms with van der Waals surface area (Å²) in [6, 6.07) is 5.40. The number of amides is 1. The van der Waals surface area contributed by atoms with Gasteiger partial charge in [0.05, 0.1) is 23.6 Å². The molecular formula is C20H16F2N6O. The number of halogens is 2. The van der Waals surface area contributed by atoms with Crippen molar-refractivity contribution in [2.75, 3.05) is 11.1 Å². The summed E-state index contributed by atoms with van der Waals surface area (Å²) in [5.41, 5.74) is 7.11. The van der Waals surface area contributed by atoms with Crippen LogP contribution in [-0.2, 0) is 4.79 Å². The van der Waals surface area contributed by atoms with Crippen LogP contribution in [0.25, 0.3) is 22.0 Å². The average molecular weight is 394 g/mol. The van der Waals surface area contributed by atoms with E-state index in [1.54, 1.807) is 19.1 Å². The molecule has 2 atom stereocenters. The SMILES string of the molecule is Cc1c(-c2cc3cc(NC(=O)C4CC4C#N)ncc3c(N)n2)cncc1C(F)F. The smallest absolute Gasteiger partial charge is 0.265 e. The van der Waals surface area contributed by atoms with Gasteiger partial charge in [0.1, 0.15) is 11.6 Å². The number of hydrogen-bond acceptors (Lipinski definition) is 6. The Kier molecular flexibility index (Phi) is 4.54. The largest absolute Gasteiger partial charge is 0.383 e. The molecule has 9 heteroatoms. The van der Waals surface area contributed by atoms with Crippen molar-refractivity contribution in [2.24, 2.45) is 11.8 Å². The Hall–Kier alpha value is -3.67. The maximum Gasteiger partial charge on any atom is 0.265 e. The monoisotopic (exact) mass is 394 g/mol. The first-order valence-corrected chi connectivity index (χ1v) is 8.88.